The Morgan fingerprint density at radius 2 is 2.06 bits per heavy atom. The van der Waals surface area contributed by atoms with Gasteiger partial charge in [-0.25, -0.2) is 0 Å². The number of para-hydroxylation sites is 1. The third kappa shape index (κ3) is 1.96. The van der Waals surface area contributed by atoms with E-state index in [0.29, 0.717) is 5.82 Å². The van der Waals surface area contributed by atoms with Crippen molar-refractivity contribution in [2.24, 2.45) is 0 Å². The van der Waals surface area contributed by atoms with Crippen molar-refractivity contribution in [3.8, 4) is 0 Å². The van der Waals surface area contributed by atoms with Gasteiger partial charge in [0, 0.05) is 10.3 Å². The maximum atomic E-state index is 5.90. The zero-order valence-electron chi connectivity index (χ0n) is 8.93. The molecule has 3 rings (SSSR count). The molecular weight excluding hydrogens is 298 g/mol. The molecule has 0 amide bonds. The van der Waals surface area contributed by atoms with Gasteiger partial charge in [0.25, 0.3) is 0 Å². The standard InChI is InChI=1S/C12H10BrN3S/c13-11-6-5-8(17-11)7-16-10-4-2-1-3-9(10)12(14)15-16/h1-6H,7H2,(H2,14,15). The first-order chi connectivity index (χ1) is 8.24. The second-order valence-corrected chi connectivity index (χ2v) is 6.31. The number of anilines is 1. The number of halogens is 1. The highest BCUT2D eigenvalue weighted by Crippen LogP contribution is 2.25. The number of rotatable bonds is 2. The van der Waals surface area contributed by atoms with E-state index in [4.69, 9.17) is 5.73 Å². The molecule has 0 aliphatic carbocycles. The first kappa shape index (κ1) is 10.8. The molecule has 0 saturated heterocycles. The molecule has 2 aromatic heterocycles. The second-order valence-electron chi connectivity index (χ2n) is 3.77. The van der Waals surface area contributed by atoms with Crippen molar-refractivity contribution >= 4 is 44.0 Å². The summed E-state index contributed by atoms with van der Waals surface area (Å²) < 4.78 is 3.08. The van der Waals surface area contributed by atoms with Gasteiger partial charge in [-0.3, -0.25) is 4.68 Å². The molecule has 0 spiro atoms. The van der Waals surface area contributed by atoms with E-state index >= 15 is 0 Å². The van der Waals surface area contributed by atoms with Crippen molar-refractivity contribution in [2.45, 2.75) is 6.54 Å². The second kappa shape index (κ2) is 4.16. The maximum absolute atomic E-state index is 5.90. The van der Waals surface area contributed by atoms with E-state index in [0.717, 1.165) is 21.2 Å². The molecule has 3 aromatic rings. The number of nitrogen functional groups attached to an aromatic ring is 1. The Kier molecular flexibility index (Phi) is 2.64. The molecule has 0 radical (unpaired) electrons. The Bertz CT molecular complexity index is 671. The molecule has 0 aliphatic heterocycles. The zero-order chi connectivity index (χ0) is 11.8. The lowest BCUT2D eigenvalue weighted by molar-refractivity contribution is 0.725. The van der Waals surface area contributed by atoms with E-state index in [9.17, 15) is 0 Å². The summed E-state index contributed by atoms with van der Waals surface area (Å²) in [5.41, 5.74) is 6.98. The Morgan fingerprint density at radius 1 is 1.24 bits per heavy atom. The van der Waals surface area contributed by atoms with Crippen LogP contribution in [0.25, 0.3) is 10.9 Å². The molecule has 0 saturated carbocycles. The van der Waals surface area contributed by atoms with Crippen LogP contribution in [0.1, 0.15) is 4.88 Å². The van der Waals surface area contributed by atoms with Gasteiger partial charge >= 0.3 is 0 Å². The van der Waals surface area contributed by atoms with E-state index in [-0.39, 0.29) is 0 Å². The average Bonchev–Trinajstić information content (AvgIpc) is 2.86. The van der Waals surface area contributed by atoms with Crippen LogP contribution in [-0.4, -0.2) is 9.78 Å². The van der Waals surface area contributed by atoms with Gasteiger partial charge in [0.15, 0.2) is 5.82 Å². The molecule has 0 unspecified atom stereocenters. The molecular formula is C12H10BrN3S. The highest BCUT2D eigenvalue weighted by atomic mass is 79.9. The normalized spacial score (nSPS) is 11.1. The van der Waals surface area contributed by atoms with Crippen LogP contribution >= 0.6 is 27.3 Å². The number of hydrogen-bond donors (Lipinski definition) is 1. The quantitative estimate of drug-likeness (QED) is 0.787. The van der Waals surface area contributed by atoms with Crippen LogP contribution in [0, 0.1) is 0 Å². The van der Waals surface area contributed by atoms with Gasteiger partial charge < -0.3 is 5.73 Å². The van der Waals surface area contributed by atoms with Gasteiger partial charge in [0.2, 0.25) is 0 Å². The number of nitrogens with zero attached hydrogens (tertiary/aromatic N) is 2. The van der Waals surface area contributed by atoms with Crippen molar-refractivity contribution < 1.29 is 0 Å². The van der Waals surface area contributed by atoms with Crippen molar-refractivity contribution in [1.82, 2.24) is 9.78 Å². The predicted octanol–water partition coefficient (Wildman–Crippen LogP) is 3.49. The van der Waals surface area contributed by atoms with Crippen molar-refractivity contribution in [3.05, 3.63) is 45.1 Å². The lowest BCUT2D eigenvalue weighted by atomic mass is 10.2. The van der Waals surface area contributed by atoms with Gasteiger partial charge in [-0.05, 0) is 40.2 Å². The third-order valence-corrected chi connectivity index (χ3v) is 4.23. The highest BCUT2D eigenvalue weighted by molar-refractivity contribution is 9.11. The fourth-order valence-corrected chi connectivity index (χ4v) is 3.32. The molecule has 86 valence electrons. The minimum atomic E-state index is 0.594. The fraction of sp³-hybridized carbons (Fsp3) is 0.0833. The minimum absolute atomic E-state index is 0.594. The molecule has 0 atom stereocenters. The van der Waals surface area contributed by atoms with Gasteiger partial charge in [-0.2, -0.15) is 5.10 Å². The molecule has 2 N–H and O–H groups in total. The largest absolute Gasteiger partial charge is 0.382 e. The fourth-order valence-electron chi connectivity index (χ4n) is 1.86. The summed E-state index contributed by atoms with van der Waals surface area (Å²) in [6.45, 7) is 0.758. The Hall–Kier alpha value is -1.33. The average molecular weight is 308 g/mol. The highest BCUT2D eigenvalue weighted by Gasteiger charge is 2.08. The van der Waals surface area contributed by atoms with Crippen LogP contribution in [0.15, 0.2) is 40.2 Å². The molecule has 0 bridgehead atoms. The topological polar surface area (TPSA) is 43.8 Å². The van der Waals surface area contributed by atoms with Gasteiger partial charge in [-0.1, -0.05) is 12.1 Å². The van der Waals surface area contributed by atoms with E-state index in [1.54, 1.807) is 11.3 Å². The summed E-state index contributed by atoms with van der Waals surface area (Å²) in [6, 6.07) is 12.2. The third-order valence-electron chi connectivity index (χ3n) is 2.62. The molecule has 1 aromatic carbocycles. The number of benzene rings is 1. The van der Waals surface area contributed by atoms with E-state index in [1.807, 2.05) is 28.9 Å². The minimum Gasteiger partial charge on any atom is -0.382 e. The lowest BCUT2D eigenvalue weighted by Gasteiger charge is -2.00. The molecule has 0 aliphatic rings. The van der Waals surface area contributed by atoms with E-state index in [2.05, 4.69) is 33.2 Å². The van der Waals surface area contributed by atoms with Gasteiger partial charge in [-0.15, -0.1) is 11.3 Å². The van der Waals surface area contributed by atoms with Crippen LogP contribution < -0.4 is 5.73 Å². The van der Waals surface area contributed by atoms with Crippen LogP contribution in [0.2, 0.25) is 0 Å². The molecule has 17 heavy (non-hydrogen) atoms. The Labute approximate surface area is 111 Å². The summed E-state index contributed by atoms with van der Waals surface area (Å²) >= 11 is 5.18. The summed E-state index contributed by atoms with van der Waals surface area (Å²) in [6.07, 6.45) is 0. The molecule has 0 fully saturated rings. The first-order valence-electron chi connectivity index (χ1n) is 5.19. The summed E-state index contributed by atoms with van der Waals surface area (Å²) in [4.78, 5) is 1.25. The SMILES string of the molecule is Nc1nn(Cc2ccc(Br)s2)c2ccccc12. The van der Waals surface area contributed by atoms with Gasteiger partial charge in [0.1, 0.15) is 0 Å². The zero-order valence-corrected chi connectivity index (χ0v) is 11.3. The van der Waals surface area contributed by atoms with Crippen molar-refractivity contribution in [1.29, 1.82) is 0 Å². The molecule has 5 heteroatoms. The van der Waals surface area contributed by atoms with Crippen molar-refractivity contribution in [3.63, 3.8) is 0 Å². The maximum Gasteiger partial charge on any atom is 0.153 e. The number of nitrogens with two attached hydrogens (primary N) is 1. The number of aromatic nitrogens is 2. The first-order valence-corrected chi connectivity index (χ1v) is 6.80. The molecule has 2 heterocycles. The lowest BCUT2D eigenvalue weighted by Crippen LogP contribution is -2.00. The van der Waals surface area contributed by atoms with Crippen LogP contribution in [0.5, 0.6) is 0 Å². The van der Waals surface area contributed by atoms with Crippen LogP contribution in [0.3, 0.4) is 0 Å². The van der Waals surface area contributed by atoms with Crippen LogP contribution in [0.4, 0.5) is 5.82 Å². The van der Waals surface area contributed by atoms with E-state index in [1.165, 1.54) is 4.88 Å². The summed E-state index contributed by atoms with van der Waals surface area (Å²) in [5.74, 6) is 0.594. The molecule has 3 nitrogen and oxygen atoms in total. The smallest absolute Gasteiger partial charge is 0.153 e. The van der Waals surface area contributed by atoms with Crippen molar-refractivity contribution in [2.75, 3.05) is 5.73 Å². The van der Waals surface area contributed by atoms with Crippen LogP contribution in [-0.2, 0) is 6.54 Å². The Balaban J connectivity index is 2.06. The summed E-state index contributed by atoms with van der Waals surface area (Å²) in [5, 5.41) is 5.40. The van der Waals surface area contributed by atoms with E-state index < -0.39 is 0 Å². The monoisotopic (exact) mass is 307 g/mol. The summed E-state index contributed by atoms with van der Waals surface area (Å²) in [7, 11) is 0. The number of thiophene rings is 1. The number of hydrogen-bond acceptors (Lipinski definition) is 3. The predicted molar refractivity (Wildman–Crippen MR) is 75.3 cm³/mol. The Morgan fingerprint density at radius 3 is 2.82 bits per heavy atom. The van der Waals surface area contributed by atoms with Gasteiger partial charge in [0.05, 0.1) is 15.8 Å². The number of fused-ring (bicyclic) bond motifs is 1.